The third kappa shape index (κ3) is 2.42. The van der Waals surface area contributed by atoms with E-state index in [4.69, 9.17) is 4.74 Å². The minimum absolute atomic E-state index is 0.117. The molecule has 1 aliphatic rings. The second-order valence-electron chi connectivity index (χ2n) is 3.16. The molecule has 4 heteroatoms. The number of rotatable bonds is 3. The van der Waals surface area contributed by atoms with Crippen molar-refractivity contribution in [1.82, 2.24) is 5.32 Å². The fourth-order valence-corrected chi connectivity index (χ4v) is 1.29. The van der Waals surface area contributed by atoms with E-state index >= 15 is 0 Å². The highest BCUT2D eigenvalue weighted by Gasteiger charge is 2.30. The maximum Gasteiger partial charge on any atom is 0.105 e. The van der Waals surface area contributed by atoms with Gasteiger partial charge in [-0.2, -0.15) is 0 Å². The molecule has 1 rings (SSSR count). The van der Waals surface area contributed by atoms with E-state index in [0.717, 1.165) is 13.0 Å². The van der Waals surface area contributed by atoms with Crippen molar-refractivity contribution in [3.63, 3.8) is 0 Å². The Kier molecular flexibility index (Phi) is 3.94. The molecule has 1 fully saturated rings. The smallest absolute Gasteiger partial charge is 0.105 e. The number of nitrogens with one attached hydrogen (secondary N) is 1. The quantitative estimate of drug-likeness (QED) is 0.520. The average molecular weight is 175 g/mol. The normalized spacial score (nSPS) is 36.8. The lowest BCUT2D eigenvalue weighted by Crippen LogP contribution is -2.54. The van der Waals surface area contributed by atoms with Crippen LogP contribution in [0.1, 0.15) is 13.3 Å². The van der Waals surface area contributed by atoms with Crippen LogP contribution in [0.5, 0.6) is 0 Å². The first-order valence-corrected chi connectivity index (χ1v) is 4.43. The second kappa shape index (κ2) is 4.77. The number of hydrogen-bond donors (Lipinski definition) is 3. The Balaban J connectivity index is 2.30. The fourth-order valence-electron chi connectivity index (χ4n) is 1.29. The number of aliphatic hydroxyl groups excluding tert-OH is 2. The van der Waals surface area contributed by atoms with E-state index in [2.05, 4.69) is 12.2 Å². The van der Waals surface area contributed by atoms with Crippen molar-refractivity contribution in [2.75, 3.05) is 19.8 Å². The molecule has 3 atom stereocenters. The van der Waals surface area contributed by atoms with Gasteiger partial charge >= 0.3 is 0 Å². The van der Waals surface area contributed by atoms with Gasteiger partial charge in [-0.15, -0.1) is 0 Å². The molecule has 4 nitrogen and oxygen atoms in total. The van der Waals surface area contributed by atoms with Gasteiger partial charge < -0.3 is 20.3 Å². The lowest BCUT2D eigenvalue weighted by atomic mass is 10.0. The van der Waals surface area contributed by atoms with E-state index in [1.807, 2.05) is 0 Å². The van der Waals surface area contributed by atoms with Crippen LogP contribution < -0.4 is 5.32 Å². The van der Waals surface area contributed by atoms with Gasteiger partial charge in [-0.1, -0.05) is 6.92 Å². The summed E-state index contributed by atoms with van der Waals surface area (Å²) in [6, 6.07) is -0.117. The molecule has 1 heterocycles. The highest BCUT2D eigenvalue weighted by atomic mass is 16.5. The molecule has 72 valence electrons. The van der Waals surface area contributed by atoms with Crippen molar-refractivity contribution >= 4 is 0 Å². The van der Waals surface area contributed by atoms with Gasteiger partial charge in [-0.05, 0) is 13.0 Å². The molecule has 1 aliphatic heterocycles. The SMILES string of the molecule is CCCN[C@@H]1COC[C@@H](O)[C@H]1O. The van der Waals surface area contributed by atoms with Gasteiger partial charge in [0.15, 0.2) is 0 Å². The van der Waals surface area contributed by atoms with Crippen LogP contribution in [0.2, 0.25) is 0 Å². The van der Waals surface area contributed by atoms with Gasteiger partial charge in [0.05, 0.1) is 25.4 Å². The topological polar surface area (TPSA) is 61.7 Å². The third-order valence-corrected chi connectivity index (χ3v) is 2.05. The maximum absolute atomic E-state index is 9.47. The molecule has 0 spiro atoms. The molecular formula is C8H17NO3. The van der Waals surface area contributed by atoms with Crippen LogP contribution in [0.25, 0.3) is 0 Å². The van der Waals surface area contributed by atoms with E-state index in [1.165, 1.54) is 0 Å². The number of hydrogen-bond acceptors (Lipinski definition) is 4. The first-order chi connectivity index (χ1) is 5.75. The molecule has 3 N–H and O–H groups in total. The Morgan fingerprint density at radius 1 is 1.42 bits per heavy atom. The minimum Gasteiger partial charge on any atom is -0.389 e. The van der Waals surface area contributed by atoms with E-state index < -0.39 is 12.2 Å². The Labute approximate surface area is 72.5 Å². The van der Waals surface area contributed by atoms with Crippen molar-refractivity contribution in [3.8, 4) is 0 Å². The fraction of sp³-hybridized carbons (Fsp3) is 1.00. The van der Waals surface area contributed by atoms with Gasteiger partial charge in [0.25, 0.3) is 0 Å². The summed E-state index contributed by atoms with van der Waals surface area (Å²) in [5, 5.41) is 21.8. The van der Waals surface area contributed by atoms with Gasteiger partial charge in [-0.25, -0.2) is 0 Å². The van der Waals surface area contributed by atoms with E-state index in [0.29, 0.717) is 6.61 Å². The first-order valence-electron chi connectivity index (χ1n) is 4.43. The molecule has 0 aromatic carbocycles. The Morgan fingerprint density at radius 2 is 2.17 bits per heavy atom. The standard InChI is InChI=1S/C8H17NO3/c1-2-3-9-6-4-12-5-7(10)8(6)11/h6-11H,2-5H2,1H3/t6-,7-,8+/m1/s1. The Bertz CT molecular complexity index is 131. The van der Waals surface area contributed by atoms with Crippen molar-refractivity contribution in [2.45, 2.75) is 31.6 Å². The van der Waals surface area contributed by atoms with Crippen LogP contribution in [-0.2, 0) is 4.74 Å². The van der Waals surface area contributed by atoms with Gasteiger partial charge in [0.1, 0.15) is 6.10 Å². The molecule has 1 saturated heterocycles. The first kappa shape index (κ1) is 9.92. The average Bonchev–Trinajstić information content (AvgIpc) is 2.08. The number of aliphatic hydroxyl groups is 2. The Morgan fingerprint density at radius 3 is 2.83 bits per heavy atom. The highest BCUT2D eigenvalue weighted by Crippen LogP contribution is 2.08. The lowest BCUT2D eigenvalue weighted by Gasteiger charge is -2.32. The lowest BCUT2D eigenvalue weighted by molar-refractivity contribution is -0.104. The van der Waals surface area contributed by atoms with Crippen molar-refractivity contribution in [1.29, 1.82) is 0 Å². The van der Waals surface area contributed by atoms with Crippen LogP contribution in [0.3, 0.4) is 0 Å². The molecule has 12 heavy (non-hydrogen) atoms. The summed E-state index contributed by atoms with van der Waals surface area (Å²) in [5.41, 5.74) is 0. The summed E-state index contributed by atoms with van der Waals surface area (Å²) < 4.78 is 5.09. The van der Waals surface area contributed by atoms with Crippen LogP contribution >= 0.6 is 0 Å². The van der Waals surface area contributed by atoms with E-state index in [1.54, 1.807) is 0 Å². The molecule has 0 unspecified atom stereocenters. The highest BCUT2D eigenvalue weighted by molar-refractivity contribution is 4.84. The minimum atomic E-state index is -0.742. The maximum atomic E-state index is 9.47. The molecule has 0 aromatic heterocycles. The third-order valence-electron chi connectivity index (χ3n) is 2.05. The van der Waals surface area contributed by atoms with Crippen LogP contribution in [0.15, 0.2) is 0 Å². The monoisotopic (exact) mass is 175 g/mol. The molecule has 0 aromatic rings. The molecule has 0 aliphatic carbocycles. The van der Waals surface area contributed by atoms with Gasteiger partial charge in [-0.3, -0.25) is 0 Å². The van der Waals surface area contributed by atoms with Crippen LogP contribution in [-0.4, -0.2) is 48.2 Å². The predicted molar refractivity (Wildman–Crippen MR) is 44.9 cm³/mol. The molecule has 0 radical (unpaired) electrons. The zero-order chi connectivity index (χ0) is 8.97. The summed E-state index contributed by atoms with van der Waals surface area (Å²) in [4.78, 5) is 0. The van der Waals surface area contributed by atoms with Crippen molar-refractivity contribution in [3.05, 3.63) is 0 Å². The van der Waals surface area contributed by atoms with Crippen molar-refractivity contribution < 1.29 is 14.9 Å². The van der Waals surface area contributed by atoms with E-state index in [9.17, 15) is 10.2 Å². The Hall–Kier alpha value is -0.160. The molecule has 0 saturated carbocycles. The summed E-state index contributed by atoms with van der Waals surface area (Å²) >= 11 is 0. The number of ether oxygens (including phenoxy) is 1. The predicted octanol–water partition coefficient (Wildman–Crippen LogP) is -0.893. The van der Waals surface area contributed by atoms with Crippen LogP contribution in [0, 0.1) is 0 Å². The summed E-state index contributed by atoms with van der Waals surface area (Å²) in [6.45, 7) is 3.63. The largest absolute Gasteiger partial charge is 0.389 e. The van der Waals surface area contributed by atoms with E-state index in [-0.39, 0.29) is 12.6 Å². The summed E-state index contributed by atoms with van der Waals surface area (Å²) in [5.74, 6) is 0. The zero-order valence-corrected chi connectivity index (χ0v) is 7.36. The van der Waals surface area contributed by atoms with Crippen LogP contribution in [0.4, 0.5) is 0 Å². The zero-order valence-electron chi connectivity index (χ0n) is 7.36. The van der Waals surface area contributed by atoms with Gasteiger partial charge in [0, 0.05) is 0 Å². The van der Waals surface area contributed by atoms with Gasteiger partial charge in [0.2, 0.25) is 0 Å². The summed E-state index contributed by atoms with van der Waals surface area (Å²) in [7, 11) is 0. The molecule has 0 amide bonds. The summed E-state index contributed by atoms with van der Waals surface area (Å²) in [6.07, 6.45) is -0.419. The van der Waals surface area contributed by atoms with Crippen molar-refractivity contribution in [2.24, 2.45) is 0 Å². The molecule has 0 bridgehead atoms. The second-order valence-corrected chi connectivity index (χ2v) is 3.16. The molecular weight excluding hydrogens is 158 g/mol.